The summed E-state index contributed by atoms with van der Waals surface area (Å²) in [5.74, 6) is -0.881. The van der Waals surface area contributed by atoms with Crippen molar-refractivity contribution in [2.75, 3.05) is 13.2 Å². The Kier molecular flexibility index (Phi) is 3.32. The SMILES string of the molecule is C=C(C(=O)O)C(C)C1(CCC)COC1. The van der Waals surface area contributed by atoms with Crippen molar-refractivity contribution < 1.29 is 14.6 Å². The van der Waals surface area contributed by atoms with Gasteiger partial charge in [0.15, 0.2) is 0 Å². The van der Waals surface area contributed by atoms with Crippen LogP contribution in [0.5, 0.6) is 0 Å². The lowest BCUT2D eigenvalue weighted by Gasteiger charge is -2.46. The van der Waals surface area contributed by atoms with Crippen molar-refractivity contribution in [3.63, 3.8) is 0 Å². The highest BCUT2D eigenvalue weighted by molar-refractivity contribution is 5.86. The van der Waals surface area contributed by atoms with Crippen molar-refractivity contribution in [1.82, 2.24) is 0 Å². The third-order valence-electron chi connectivity index (χ3n) is 3.24. The van der Waals surface area contributed by atoms with Crippen molar-refractivity contribution in [1.29, 1.82) is 0 Å². The highest BCUT2D eigenvalue weighted by atomic mass is 16.5. The molecule has 1 N–H and O–H groups in total. The average Bonchev–Trinajstić information content (AvgIpc) is 2.08. The number of carboxylic acid groups (broad SMARTS) is 1. The van der Waals surface area contributed by atoms with Gasteiger partial charge in [-0.25, -0.2) is 4.79 Å². The van der Waals surface area contributed by atoms with Gasteiger partial charge in [0.05, 0.1) is 13.2 Å². The lowest BCUT2D eigenvalue weighted by molar-refractivity contribution is -0.148. The highest BCUT2D eigenvalue weighted by Gasteiger charge is 2.44. The van der Waals surface area contributed by atoms with Crippen molar-refractivity contribution >= 4 is 5.97 Å². The molecule has 1 aliphatic heterocycles. The molecule has 0 bridgehead atoms. The van der Waals surface area contributed by atoms with E-state index in [4.69, 9.17) is 9.84 Å². The van der Waals surface area contributed by atoms with Gasteiger partial charge in [0.25, 0.3) is 0 Å². The van der Waals surface area contributed by atoms with E-state index < -0.39 is 5.97 Å². The molecule has 0 aromatic carbocycles. The second-order valence-electron chi connectivity index (χ2n) is 4.16. The summed E-state index contributed by atoms with van der Waals surface area (Å²) in [4.78, 5) is 10.8. The molecule has 0 amide bonds. The van der Waals surface area contributed by atoms with E-state index in [1.54, 1.807) is 0 Å². The highest BCUT2D eigenvalue weighted by Crippen LogP contribution is 2.43. The molecule has 1 unspecified atom stereocenters. The summed E-state index contributed by atoms with van der Waals surface area (Å²) in [6, 6.07) is 0. The molecule has 1 fully saturated rings. The van der Waals surface area contributed by atoms with E-state index in [0.717, 1.165) is 12.8 Å². The van der Waals surface area contributed by atoms with Gasteiger partial charge in [-0.2, -0.15) is 0 Å². The first-order valence-corrected chi connectivity index (χ1v) is 5.03. The summed E-state index contributed by atoms with van der Waals surface area (Å²) < 4.78 is 5.21. The smallest absolute Gasteiger partial charge is 0.331 e. The molecule has 1 rings (SSSR count). The van der Waals surface area contributed by atoms with Crippen LogP contribution in [-0.4, -0.2) is 24.3 Å². The summed E-state index contributed by atoms with van der Waals surface area (Å²) in [5, 5.41) is 8.86. The van der Waals surface area contributed by atoms with Gasteiger partial charge >= 0.3 is 5.97 Å². The Bertz CT molecular complexity index is 241. The Morgan fingerprint density at radius 1 is 1.64 bits per heavy atom. The molecule has 80 valence electrons. The number of ether oxygens (including phenoxy) is 1. The van der Waals surface area contributed by atoms with Crippen molar-refractivity contribution in [3.05, 3.63) is 12.2 Å². The molecular formula is C11H18O3. The van der Waals surface area contributed by atoms with E-state index in [1.807, 2.05) is 6.92 Å². The molecule has 1 saturated heterocycles. The summed E-state index contributed by atoms with van der Waals surface area (Å²) in [6.45, 7) is 9.03. The summed E-state index contributed by atoms with van der Waals surface area (Å²) >= 11 is 0. The second kappa shape index (κ2) is 4.13. The van der Waals surface area contributed by atoms with Crippen molar-refractivity contribution in [2.45, 2.75) is 26.7 Å². The molecule has 0 saturated carbocycles. The maximum atomic E-state index is 10.8. The van der Waals surface area contributed by atoms with Crippen molar-refractivity contribution in [2.24, 2.45) is 11.3 Å². The zero-order chi connectivity index (χ0) is 10.8. The first kappa shape index (κ1) is 11.2. The molecular weight excluding hydrogens is 180 g/mol. The molecule has 0 aromatic heterocycles. The van der Waals surface area contributed by atoms with Gasteiger partial charge in [0.1, 0.15) is 0 Å². The van der Waals surface area contributed by atoms with Crippen LogP contribution in [-0.2, 0) is 9.53 Å². The fourth-order valence-electron chi connectivity index (χ4n) is 2.03. The molecule has 1 aliphatic rings. The topological polar surface area (TPSA) is 46.5 Å². The summed E-state index contributed by atoms with van der Waals surface area (Å²) in [7, 11) is 0. The zero-order valence-electron chi connectivity index (χ0n) is 8.88. The van der Waals surface area contributed by atoms with Crippen LogP contribution in [0.2, 0.25) is 0 Å². The van der Waals surface area contributed by atoms with Gasteiger partial charge in [0, 0.05) is 11.0 Å². The molecule has 0 spiro atoms. The average molecular weight is 198 g/mol. The Morgan fingerprint density at radius 3 is 2.50 bits per heavy atom. The maximum Gasteiger partial charge on any atom is 0.331 e. The van der Waals surface area contributed by atoms with Gasteiger partial charge in [-0.15, -0.1) is 0 Å². The molecule has 0 aliphatic carbocycles. The van der Waals surface area contributed by atoms with Gasteiger partial charge in [-0.05, 0) is 12.3 Å². The normalized spacial score (nSPS) is 21.0. The van der Waals surface area contributed by atoms with E-state index in [1.165, 1.54) is 0 Å². The maximum absolute atomic E-state index is 10.8. The minimum absolute atomic E-state index is 0.00806. The van der Waals surface area contributed by atoms with Crippen LogP contribution in [0.3, 0.4) is 0 Å². The number of carboxylic acids is 1. The quantitative estimate of drug-likeness (QED) is 0.688. The van der Waals surface area contributed by atoms with Crippen LogP contribution in [0.1, 0.15) is 26.7 Å². The molecule has 3 nitrogen and oxygen atoms in total. The van der Waals surface area contributed by atoms with Gasteiger partial charge in [-0.1, -0.05) is 26.8 Å². The Balaban J connectivity index is 2.69. The number of hydrogen-bond donors (Lipinski definition) is 1. The predicted octanol–water partition coefficient (Wildman–Crippen LogP) is 2.08. The number of rotatable bonds is 5. The third kappa shape index (κ3) is 1.82. The molecule has 3 heteroatoms. The number of carbonyl (C=O) groups is 1. The Labute approximate surface area is 84.8 Å². The fraction of sp³-hybridized carbons (Fsp3) is 0.727. The standard InChI is InChI=1S/C11H18O3/c1-4-5-11(6-14-7-11)9(3)8(2)10(12)13/h9H,2,4-7H2,1,3H3,(H,12,13). The molecule has 1 atom stereocenters. The molecule has 0 aromatic rings. The van der Waals surface area contributed by atoms with Gasteiger partial charge in [-0.3, -0.25) is 0 Å². The van der Waals surface area contributed by atoms with Crippen molar-refractivity contribution in [3.8, 4) is 0 Å². The summed E-state index contributed by atoms with van der Waals surface area (Å²) in [5.41, 5.74) is 0.339. The van der Waals surface area contributed by atoms with Crippen LogP contribution in [0.15, 0.2) is 12.2 Å². The van der Waals surface area contributed by atoms with E-state index in [2.05, 4.69) is 13.5 Å². The first-order chi connectivity index (χ1) is 6.53. The van der Waals surface area contributed by atoms with E-state index >= 15 is 0 Å². The molecule has 1 heterocycles. The number of aliphatic carboxylic acids is 1. The van der Waals surface area contributed by atoms with E-state index in [-0.39, 0.29) is 11.3 Å². The second-order valence-corrected chi connectivity index (χ2v) is 4.16. The monoisotopic (exact) mass is 198 g/mol. The fourth-order valence-corrected chi connectivity index (χ4v) is 2.03. The minimum Gasteiger partial charge on any atom is -0.478 e. The lowest BCUT2D eigenvalue weighted by atomic mass is 9.68. The Hall–Kier alpha value is -0.830. The predicted molar refractivity (Wildman–Crippen MR) is 54.1 cm³/mol. The zero-order valence-corrected chi connectivity index (χ0v) is 8.88. The number of hydrogen-bond acceptors (Lipinski definition) is 2. The molecule has 0 radical (unpaired) electrons. The van der Waals surface area contributed by atoms with E-state index in [0.29, 0.717) is 18.8 Å². The van der Waals surface area contributed by atoms with E-state index in [9.17, 15) is 4.79 Å². The first-order valence-electron chi connectivity index (χ1n) is 5.03. The van der Waals surface area contributed by atoms with Crippen LogP contribution in [0.25, 0.3) is 0 Å². The minimum atomic E-state index is -0.889. The third-order valence-corrected chi connectivity index (χ3v) is 3.24. The van der Waals surface area contributed by atoms with Gasteiger partial charge < -0.3 is 9.84 Å². The van der Waals surface area contributed by atoms with Crippen LogP contribution in [0.4, 0.5) is 0 Å². The lowest BCUT2D eigenvalue weighted by Crippen LogP contribution is -2.48. The van der Waals surface area contributed by atoms with Crippen LogP contribution >= 0.6 is 0 Å². The Morgan fingerprint density at radius 2 is 2.21 bits per heavy atom. The largest absolute Gasteiger partial charge is 0.478 e. The van der Waals surface area contributed by atoms with Gasteiger partial charge in [0.2, 0.25) is 0 Å². The summed E-state index contributed by atoms with van der Waals surface area (Å²) in [6.07, 6.45) is 2.07. The van der Waals surface area contributed by atoms with Crippen LogP contribution in [0, 0.1) is 11.3 Å². The van der Waals surface area contributed by atoms with Crippen LogP contribution < -0.4 is 0 Å². The molecule has 14 heavy (non-hydrogen) atoms.